The average Bonchev–Trinajstić information content (AvgIpc) is 3.09. The van der Waals surface area contributed by atoms with E-state index in [0.717, 1.165) is 44.6 Å². The smallest absolute Gasteiger partial charge is 0.136 e. The van der Waals surface area contributed by atoms with Crippen molar-refractivity contribution in [2.75, 3.05) is 13.1 Å². The predicted octanol–water partition coefficient (Wildman–Crippen LogP) is 3.89. The van der Waals surface area contributed by atoms with Crippen LogP contribution in [0.15, 0.2) is 0 Å². The molecule has 0 aromatic heterocycles. The summed E-state index contributed by atoms with van der Waals surface area (Å²) in [5.41, 5.74) is -0.482. The van der Waals surface area contributed by atoms with Crippen molar-refractivity contribution >= 4 is 5.78 Å². The number of aliphatic hydroxyl groups is 2. The molecule has 0 radical (unpaired) electrons. The Kier molecular flexibility index (Phi) is 4.78. The zero-order chi connectivity index (χ0) is 21.7. The van der Waals surface area contributed by atoms with Gasteiger partial charge in [0.05, 0.1) is 11.7 Å². The number of rotatable bonds is 0. The van der Waals surface area contributed by atoms with Crippen molar-refractivity contribution in [3.05, 3.63) is 0 Å². The number of Topliss-reactive ketones (excluding diaryl/α,β-unsaturated/α-hetero) is 1. The van der Waals surface area contributed by atoms with Crippen LogP contribution in [0.25, 0.3) is 0 Å². The number of hydrogen-bond donors (Lipinski definition) is 2. The lowest BCUT2D eigenvalue weighted by Crippen LogP contribution is -2.67. The van der Waals surface area contributed by atoms with E-state index >= 15 is 0 Å². The molecule has 0 aromatic carbocycles. The van der Waals surface area contributed by atoms with Gasteiger partial charge < -0.3 is 10.2 Å². The van der Waals surface area contributed by atoms with Crippen LogP contribution < -0.4 is 0 Å². The third-order valence-electron chi connectivity index (χ3n) is 11.8. The summed E-state index contributed by atoms with van der Waals surface area (Å²) in [5, 5.41) is 22.1. The Balaban J connectivity index is 1.31. The van der Waals surface area contributed by atoms with E-state index in [1.54, 1.807) is 0 Å². The lowest BCUT2D eigenvalue weighted by molar-refractivity contribution is -0.175. The highest BCUT2D eigenvalue weighted by Crippen LogP contribution is 2.66. The molecule has 2 saturated heterocycles. The lowest BCUT2D eigenvalue weighted by atomic mass is 9.51. The lowest BCUT2D eigenvalue weighted by Gasteiger charge is -2.59. The van der Waals surface area contributed by atoms with Crippen molar-refractivity contribution in [1.82, 2.24) is 4.90 Å². The summed E-state index contributed by atoms with van der Waals surface area (Å²) >= 11 is 0. The van der Waals surface area contributed by atoms with Crippen molar-refractivity contribution in [1.29, 1.82) is 0 Å². The third kappa shape index (κ3) is 2.93. The molecule has 174 valence electrons. The van der Waals surface area contributed by atoms with Gasteiger partial charge in [0.1, 0.15) is 5.78 Å². The van der Waals surface area contributed by atoms with Gasteiger partial charge in [-0.05, 0) is 105 Å². The van der Waals surface area contributed by atoms with Crippen LogP contribution in [0.4, 0.5) is 0 Å². The van der Waals surface area contributed by atoms with Crippen LogP contribution in [0, 0.1) is 52.8 Å². The van der Waals surface area contributed by atoms with Crippen LogP contribution in [0.2, 0.25) is 0 Å². The highest BCUT2D eigenvalue weighted by molar-refractivity contribution is 5.83. The van der Waals surface area contributed by atoms with Crippen LogP contribution in [0.3, 0.4) is 0 Å². The molecule has 2 N–H and O–H groups in total. The van der Waals surface area contributed by atoms with Gasteiger partial charge in [0.25, 0.3) is 0 Å². The SMILES string of the molecule is C[C@H]1CCC2N(C1)C[C@H]1C3CC4[C@@H](CC(=O)C5C[C@@H](O)CC[C@@]54C)C3CCC1[C@]2(C)O. The van der Waals surface area contributed by atoms with E-state index in [2.05, 4.69) is 25.7 Å². The molecule has 4 saturated carbocycles. The fourth-order valence-electron chi connectivity index (χ4n) is 10.4. The fraction of sp³-hybridized carbons (Fsp3) is 0.963. The van der Waals surface area contributed by atoms with E-state index in [1.807, 2.05) is 0 Å². The van der Waals surface area contributed by atoms with E-state index < -0.39 is 5.60 Å². The van der Waals surface area contributed by atoms with Crippen molar-refractivity contribution in [3.8, 4) is 0 Å². The Morgan fingerprint density at radius 3 is 2.52 bits per heavy atom. The van der Waals surface area contributed by atoms with E-state index in [0.29, 0.717) is 53.8 Å². The molecular formula is C27H43NO3. The largest absolute Gasteiger partial charge is 0.393 e. The van der Waals surface area contributed by atoms with Gasteiger partial charge in [0, 0.05) is 31.5 Å². The summed E-state index contributed by atoms with van der Waals surface area (Å²) < 4.78 is 0. The summed E-state index contributed by atoms with van der Waals surface area (Å²) in [7, 11) is 0. The maximum Gasteiger partial charge on any atom is 0.136 e. The van der Waals surface area contributed by atoms with Gasteiger partial charge in [-0.3, -0.25) is 9.69 Å². The van der Waals surface area contributed by atoms with Crippen LogP contribution in [-0.2, 0) is 4.79 Å². The Morgan fingerprint density at radius 1 is 0.903 bits per heavy atom. The molecule has 0 bridgehead atoms. The van der Waals surface area contributed by atoms with Crippen LogP contribution in [0.5, 0.6) is 0 Å². The average molecular weight is 430 g/mol. The number of carbonyl (C=O) groups is 1. The van der Waals surface area contributed by atoms with Crippen molar-refractivity contribution in [2.24, 2.45) is 52.8 Å². The van der Waals surface area contributed by atoms with Gasteiger partial charge in [0.15, 0.2) is 0 Å². The molecule has 6 rings (SSSR count). The van der Waals surface area contributed by atoms with Gasteiger partial charge in [-0.15, -0.1) is 0 Å². The minimum Gasteiger partial charge on any atom is -0.393 e. The number of fused-ring (bicyclic) bond motifs is 8. The van der Waals surface area contributed by atoms with Gasteiger partial charge in [-0.2, -0.15) is 0 Å². The van der Waals surface area contributed by atoms with E-state index in [4.69, 9.17) is 0 Å². The quantitative estimate of drug-likeness (QED) is 0.613. The molecular weight excluding hydrogens is 386 g/mol. The van der Waals surface area contributed by atoms with Crippen LogP contribution in [0.1, 0.15) is 78.6 Å². The summed E-state index contributed by atoms with van der Waals surface area (Å²) in [5.74, 6) is 4.82. The molecule has 6 unspecified atom stereocenters. The van der Waals surface area contributed by atoms with E-state index in [1.165, 1.54) is 25.8 Å². The van der Waals surface area contributed by atoms with Gasteiger partial charge in [-0.25, -0.2) is 0 Å². The van der Waals surface area contributed by atoms with E-state index in [-0.39, 0.29) is 17.4 Å². The fourth-order valence-corrected chi connectivity index (χ4v) is 10.4. The Hall–Kier alpha value is -0.450. The van der Waals surface area contributed by atoms with Crippen LogP contribution >= 0.6 is 0 Å². The van der Waals surface area contributed by atoms with Gasteiger partial charge in [-0.1, -0.05) is 13.8 Å². The first-order valence-corrected chi connectivity index (χ1v) is 13.4. The number of ketones is 1. The Morgan fingerprint density at radius 2 is 1.71 bits per heavy atom. The first-order chi connectivity index (χ1) is 14.7. The Labute approximate surface area is 188 Å². The molecule has 12 atom stereocenters. The molecule has 4 heteroatoms. The second kappa shape index (κ2) is 7.03. The standard InChI is InChI=1S/C27H43NO3/c1-15-4-7-25-27(3,31)21-6-5-17-18(20(21)14-28(25)13-15)11-22-19(17)12-24(30)23-10-16(29)8-9-26(22,23)2/h15-23,25,29,31H,4-14H2,1-3H3/t15-,16-,17?,18?,19-,20-,21?,22?,23?,25?,26+,27-/m0/s1. The van der Waals surface area contributed by atoms with Crippen molar-refractivity contribution in [2.45, 2.75) is 96.3 Å². The summed E-state index contributed by atoms with van der Waals surface area (Å²) in [6.07, 6.45) is 9.08. The highest BCUT2D eigenvalue weighted by atomic mass is 16.3. The molecule has 4 nitrogen and oxygen atoms in total. The third-order valence-corrected chi connectivity index (χ3v) is 11.8. The summed E-state index contributed by atoms with van der Waals surface area (Å²) in [6, 6.07) is 0.341. The van der Waals surface area contributed by atoms with Crippen molar-refractivity contribution < 1.29 is 15.0 Å². The number of hydrogen-bond acceptors (Lipinski definition) is 4. The molecule has 2 aliphatic heterocycles. The zero-order valence-electron chi connectivity index (χ0n) is 19.8. The minimum atomic E-state index is -0.570. The van der Waals surface area contributed by atoms with Gasteiger partial charge >= 0.3 is 0 Å². The molecule has 0 aromatic rings. The summed E-state index contributed by atoms with van der Waals surface area (Å²) in [6.45, 7) is 9.23. The molecule has 0 amide bonds. The zero-order valence-corrected chi connectivity index (χ0v) is 19.8. The highest BCUT2D eigenvalue weighted by Gasteiger charge is 2.64. The maximum absolute atomic E-state index is 13.2. The van der Waals surface area contributed by atoms with Crippen molar-refractivity contribution in [3.63, 3.8) is 0 Å². The number of nitrogens with zero attached hydrogens (tertiary/aromatic N) is 1. The topological polar surface area (TPSA) is 60.8 Å². The predicted molar refractivity (Wildman–Crippen MR) is 120 cm³/mol. The number of piperidine rings is 2. The maximum atomic E-state index is 13.2. The Bertz CT molecular complexity index is 751. The molecule has 0 spiro atoms. The normalized spacial score (nSPS) is 59.2. The molecule has 4 aliphatic carbocycles. The molecule has 2 heterocycles. The summed E-state index contributed by atoms with van der Waals surface area (Å²) in [4.78, 5) is 15.9. The number of aliphatic hydroxyl groups excluding tert-OH is 1. The first-order valence-electron chi connectivity index (χ1n) is 13.4. The molecule has 6 fully saturated rings. The molecule has 31 heavy (non-hydrogen) atoms. The first kappa shape index (κ1) is 21.1. The van der Waals surface area contributed by atoms with Gasteiger partial charge in [0.2, 0.25) is 0 Å². The van der Waals surface area contributed by atoms with E-state index in [9.17, 15) is 15.0 Å². The second-order valence-corrected chi connectivity index (χ2v) is 13.2. The second-order valence-electron chi connectivity index (χ2n) is 13.2. The van der Waals surface area contributed by atoms with Crippen LogP contribution in [-0.4, -0.2) is 51.7 Å². The number of carbonyl (C=O) groups excluding carboxylic acids is 1. The molecule has 6 aliphatic rings. The minimum absolute atomic E-state index is 0.0789. The monoisotopic (exact) mass is 429 g/mol.